The molecule has 2 nitrogen and oxygen atoms in total. The van der Waals surface area contributed by atoms with E-state index in [9.17, 15) is 0 Å². The van der Waals surface area contributed by atoms with Gasteiger partial charge in [0.25, 0.3) is 0 Å². The zero-order valence-corrected chi connectivity index (χ0v) is 11.4. The zero-order valence-electron chi connectivity index (χ0n) is 10.6. The van der Waals surface area contributed by atoms with Crippen molar-refractivity contribution in [3.63, 3.8) is 0 Å². The molecule has 0 unspecified atom stereocenters. The summed E-state index contributed by atoms with van der Waals surface area (Å²) < 4.78 is 10.8. The van der Waals surface area contributed by atoms with Crippen LogP contribution in [0.1, 0.15) is 5.56 Å². The molecule has 96 valence electrons. The molecule has 0 N–H and O–H groups in total. The van der Waals surface area contributed by atoms with Crippen LogP contribution in [0.2, 0.25) is 0 Å². The summed E-state index contributed by atoms with van der Waals surface area (Å²) in [5.41, 5.74) is 2.17. The monoisotopic (exact) mass is 270 g/mol. The predicted molar refractivity (Wildman–Crippen MR) is 78.8 cm³/mol. The zero-order chi connectivity index (χ0) is 13.1. The van der Waals surface area contributed by atoms with Crippen molar-refractivity contribution in [2.75, 3.05) is 7.11 Å². The van der Waals surface area contributed by atoms with E-state index in [2.05, 4.69) is 12.1 Å². The minimum atomic E-state index is 0.891. The SMILES string of the molecule is COc1cccc(SCc2coc3ccccc23)c1. The Morgan fingerprint density at radius 3 is 2.89 bits per heavy atom. The minimum absolute atomic E-state index is 0.891. The lowest BCUT2D eigenvalue weighted by atomic mass is 10.2. The van der Waals surface area contributed by atoms with Crippen molar-refractivity contribution >= 4 is 22.7 Å². The van der Waals surface area contributed by atoms with Crippen LogP contribution in [0.3, 0.4) is 0 Å². The van der Waals surface area contributed by atoms with Gasteiger partial charge in [-0.1, -0.05) is 24.3 Å². The molecule has 3 heteroatoms. The number of hydrogen-bond donors (Lipinski definition) is 0. The Kier molecular flexibility index (Phi) is 3.47. The van der Waals surface area contributed by atoms with Gasteiger partial charge in [0.2, 0.25) is 0 Å². The molecule has 0 aliphatic rings. The fourth-order valence-electron chi connectivity index (χ4n) is 2.00. The highest BCUT2D eigenvalue weighted by atomic mass is 32.2. The van der Waals surface area contributed by atoms with Crippen LogP contribution in [0.4, 0.5) is 0 Å². The first-order chi connectivity index (χ1) is 9.36. The summed E-state index contributed by atoms with van der Waals surface area (Å²) in [5.74, 6) is 1.78. The first-order valence-corrected chi connectivity index (χ1v) is 7.07. The normalized spacial score (nSPS) is 10.8. The van der Waals surface area contributed by atoms with E-state index in [1.165, 1.54) is 15.8 Å². The average molecular weight is 270 g/mol. The molecule has 0 saturated carbocycles. The van der Waals surface area contributed by atoms with Gasteiger partial charge in [-0.15, -0.1) is 11.8 Å². The van der Waals surface area contributed by atoms with Crippen LogP contribution < -0.4 is 4.74 Å². The van der Waals surface area contributed by atoms with Gasteiger partial charge < -0.3 is 9.15 Å². The summed E-state index contributed by atoms with van der Waals surface area (Å²) in [5, 5.41) is 1.19. The topological polar surface area (TPSA) is 22.4 Å². The lowest BCUT2D eigenvalue weighted by Gasteiger charge is -2.03. The molecule has 0 aliphatic heterocycles. The number of ether oxygens (including phenoxy) is 1. The van der Waals surface area contributed by atoms with Crippen molar-refractivity contribution in [2.45, 2.75) is 10.6 Å². The van der Waals surface area contributed by atoms with Crippen molar-refractivity contribution in [3.8, 4) is 5.75 Å². The number of benzene rings is 2. The van der Waals surface area contributed by atoms with Gasteiger partial charge in [-0.05, 0) is 24.3 Å². The molecule has 0 aliphatic carbocycles. The number of fused-ring (bicyclic) bond motifs is 1. The molecule has 19 heavy (non-hydrogen) atoms. The maximum Gasteiger partial charge on any atom is 0.134 e. The maximum absolute atomic E-state index is 5.54. The first kappa shape index (κ1) is 12.2. The van der Waals surface area contributed by atoms with Gasteiger partial charge in [-0.3, -0.25) is 0 Å². The Balaban J connectivity index is 1.78. The van der Waals surface area contributed by atoms with E-state index in [1.807, 2.05) is 42.7 Å². The summed E-state index contributed by atoms with van der Waals surface area (Å²) in [4.78, 5) is 1.20. The van der Waals surface area contributed by atoms with E-state index >= 15 is 0 Å². The molecule has 2 aromatic carbocycles. The molecular formula is C16H14O2S. The maximum atomic E-state index is 5.54. The van der Waals surface area contributed by atoms with E-state index in [-0.39, 0.29) is 0 Å². The number of hydrogen-bond acceptors (Lipinski definition) is 3. The predicted octanol–water partition coefficient (Wildman–Crippen LogP) is 4.73. The van der Waals surface area contributed by atoms with Crippen LogP contribution in [-0.2, 0) is 5.75 Å². The largest absolute Gasteiger partial charge is 0.497 e. The number of para-hydroxylation sites is 1. The lowest BCUT2D eigenvalue weighted by molar-refractivity contribution is 0.413. The molecule has 0 bridgehead atoms. The molecule has 1 aromatic heterocycles. The van der Waals surface area contributed by atoms with Crippen molar-refractivity contribution in [1.29, 1.82) is 0 Å². The quantitative estimate of drug-likeness (QED) is 0.640. The lowest BCUT2D eigenvalue weighted by Crippen LogP contribution is -1.83. The van der Waals surface area contributed by atoms with Crippen molar-refractivity contribution in [3.05, 3.63) is 60.4 Å². The highest BCUT2D eigenvalue weighted by Gasteiger charge is 2.05. The Morgan fingerprint density at radius 1 is 1.11 bits per heavy atom. The third-order valence-electron chi connectivity index (χ3n) is 3.00. The van der Waals surface area contributed by atoms with Crippen LogP contribution in [0.15, 0.2) is 64.1 Å². The Morgan fingerprint density at radius 2 is 2.00 bits per heavy atom. The fourth-order valence-corrected chi connectivity index (χ4v) is 2.92. The Hall–Kier alpha value is -1.87. The van der Waals surface area contributed by atoms with Gasteiger partial charge in [0, 0.05) is 21.6 Å². The van der Waals surface area contributed by atoms with Crippen LogP contribution >= 0.6 is 11.8 Å². The van der Waals surface area contributed by atoms with Gasteiger partial charge in [0.15, 0.2) is 0 Å². The van der Waals surface area contributed by atoms with Gasteiger partial charge in [-0.2, -0.15) is 0 Å². The van der Waals surface area contributed by atoms with E-state index in [1.54, 1.807) is 18.9 Å². The molecule has 0 spiro atoms. The van der Waals surface area contributed by atoms with Crippen LogP contribution in [-0.4, -0.2) is 7.11 Å². The molecule has 0 radical (unpaired) electrons. The van der Waals surface area contributed by atoms with E-state index in [4.69, 9.17) is 9.15 Å². The number of rotatable bonds is 4. The molecule has 3 rings (SSSR count). The van der Waals surface area contributed by atoms with Gasteiger partial charge in [0.05, 0.1) is 13.4 Å². The van der Waals surface area contributed by atoms with Gasteiger partial charge >= 0.3 is 0 Å². The van der Waals surface area contributed by atoms with Crippen molar-refractivity contribution in [1.82, 2.24) is 0 Å². The summed E-state index contributed by atoms with van der Waals surface area (Å²) >= 11 is 1.78. The molecule has 0 atom stereocenters. The van der Waals surface area contributed by atoms with Crippen molar-refractivity contribution < 1.29 is 9.15 Å². The standard InChI is InChI=1S/C16H14O2S/c1-17-13-5-4-6-14(9-13)19-11-12-10-18-16-8-3-2-7-15(12)16/h2-10H,11H2,1H3. The second-order valence-electron chi connectivity index (χ2n) is 4.22. The van der Waals surface area contributed by atoms with Gasteiger partial charge in [-0.25, -0.2) is 0 Å². The number of methoxy groups -OCH3 is 1. The third kappa shape index (κ3) is 2.61. The highest BCUT2D eigenvalue weighted by Crippen LogP contribution is 2.30. The Bertz CT molecular complexity index is 688. The van der Waals surface area contributed by atoms with E-state index < -0.39 is 0 Å². The van der Waals surface area contributed by atoms with Crippen LogP contribution in [0.25, 0.3) is 11.0 Å². The smallest absolute Gasteiger partial charge is 0.134 e. The second kappa shape index (κ2) is 5.41. The summed E-state index contributed by atoms with van der Waals surface area (Å²) in [6.07, 6.45) is 1.85. The summed E-state index contributed by atoms with van der Waals surface area (Å²) in [6.45, 7) is 0. The number of thioether (sulfide) groups is 1. The first-order valence-electron chi connectivity index (χ1n) is 6.09. The van der Waals surface area contributed by atoms with Crippen LogP contribution in [0.5, 0.6) is 5.75 Å². The van der Waals surface area contributed by atoms with E-state index in [0.717, 1.165) is 17.1 Å². The molecule has 0 amide bonds. The molecule has 3 aromatic rings. The molecular weight excluding hydrogens is 256 g/mol. The fraction of sp³-hybridized carbons (Fsp3) is 0.125. The highest BCUT2D eigenvalue weighted by molar-refractivity contribution is 7.98. The van der Waals surface area contributed by atoms with Crippen LogP contribution in [0, 0.1) is 0 Å². The van der Waals surface area contributed by atoms with Crippen molar-refractivity contribution in [2.24, 2.45) is 0 Å². The average Bonchev–Trinajstić information content (AvgIpc) is 2.89. The third-order valence-corrected chi connectivity index (χ3v) is 4.04. The molecule has 0 saturated heterocycles. The summed E-state index contributed by atoms with van der Waals surface area (Å²) in [7, 11) is 1.69. The number of furan rings is 1. The van der Waals surface area contributed by atoms with E-state index in [0.29, 0.717) is 0 Å². The minimum Gasteiger partial charge on any atom is -0.497 e. The summed E-state index contributed by atoms with van der Waals surface area (Å²) in [6, 6.07) is 16.2. The Labute approximate surface area is 116 Å². The molecule has 0 fully saturated rings. The van der Waals surface area contributed by atoms with Gasteiger partial charge in [0.1, 0.15) is 11.3 Å². The second-order valence-corrected chi connectivity index (χ2v) is 5.27. The molecule has 1 heterocycles.